The Labute approximate surface area is 181 Å². The lowest BCUT2D eigenvalue weighted by atomic mass is 10.2. The number of amides is 2. The van der Waals surface area contributed by atoms with Gasteiger partial charge in [0.25, 0.3) is 0 Å². The summed E-state index contributed by atoms with van der Waals surface area (Å²) < 4.78 is 32.3. The van der Waals surface area contributed by atoms with Gasteiger partial charge < -0.3 is 14.5 Å². The first-order valence-electron chi connectivity index (χ1n) is 10.2. The Morgan fingerprint density at radius 3 is 2.42 bits per heavy atom. The minimum Gasteiger partial charge on any atom is -0.490 e. The molecule has 164 valence electrons. The van der Waals surface area contributed by atoms with Crippen molar-refractivity contribution in [2.24, 2.45) is 0 Å². The number of pyridine rings is 1. The van der Waals surface area contributed by atoms with Gasteiger partial charge in [-0.2, -0.15) is 4.31 Å². The Balaban J connectivity index is 1.30. The Morgan fingerprint density at radius 2 is 1.68 bits per heavy atom. The first kappa shape index (κ1) is 21.3. The zero-order valence-corrected chi connectivity index (χ0v) is 17.8. The van der Waals surface area contributed by atoms with Gasteiger partial charge in [-0.3, -0.25) is 14.6 Å². The van der Waals surface area contributed by atoms with Gasteiger partial charge in [-0.1, -0.05) is 12.1 Å². The van der Waals surface area contributed by atoms with E-state index in [1.54, 1.807) is 15.9 Å². The molecular weight excluding hydrogens is 420 g/mol. The number of hydrogen-bond donors (Lipinski definition) is 0. The van der Waals surface area contributed by atoms with E-state index in [0.29, 0.717) is 32.0 Å². The minimum absolute atomic E-state index is 0.0910. The van der Waals surface area contributed by atoms with Gasteiger partial charge in [0.15, 0.2) is 0 Å². The van der Waals surface area contributed by atoms with E-state index in [-0.39, 0.29) is 42.6 Å². The summed E-state index contributed by atoms with van der Waals surface area (Å²) in [6.45, 7) is 1.90. The summed E-state index contributed by atoms with van der Waals surface area (Å²) in [5, 5.41) is 0. The van der Waals surface area contributed by atoms with Crippen LogP contribution in [0.15, 0.2) is 53.7 Å². The van der Waals surface area contributed by atoms with Crippen LogP contribution in [0.3, 0.4) is 0 Å². The van der Waals surface area contributed by atoms with Crippen molar-refractivity contribution in [1.82, 2.24) is 14.2 Å². The van der Waals surface area contributed by atoms with E-state index in [1.165, 1.54) is 22.8 Å². The summed E-state index contributed by atoms with van der Waals surface area (Å²) in [4.78, 5) is 32.6. The molecule has 1 aromatic heterocycles. The number of nitrogens with zero attached hydrogens (tertiary/aromatic N) is 4. The van der Waals surface area contributed by atoms with Crippen LogP contribution in [0.1, 0.15) is 12.8 Å². The van der Waals surface area contributed by atoms with Crippen molar-refractivity contribution in [2.75, 3.05) is 44.2 Å². The molecular formula is C21H24N4O5S. The molecule has 2 aliphatic heterocycles. The largest absolute Gasteiger partial charge is 0.490 e. The lowest BCUT2D eigenvalue weighted by molar-refractivity contribution is -0.134. The fourth-order valence-corrected chi connectivity index (χ4v) is 5.15. The second-order valence-electron chi connectivity index (χ2n) is 7.34. The van der Waals surface area contributed by atoms with Gasteiger partial charge >= 0.3 is 0 Å². The Hall–Kier alpha value is -2.98. The number of carbonyl (C=O) groups is 2. The number of ether oxygens (including phenoxy) is 1. The third kappa shape index (κ3) is 4.54. The second kappa shape index (κ2) is 9.03. The molecule has 0 atom stereocenters. The summed E-state index contributed by atoms with van der Waals surface area (Å²) in [5.74, 6) is 0.398. The topological polar surface area (TPSA) is 100 Å². The average Bonchev–Trinajstić information content (AvgIpc) is 2.82. The molecule has 2 amide bonds. The zero-order valence-electron chi connectivity index (χ0n) is 17.0. The second-order valence-corrected chi connectivity index (χ2v) is 9.27. The highest BCUT2D eigenvalue weighted by Crippen LogP contribution is 2.31. The average molecular weight is 445 g/mol. The van der Waals surface area contributed by atoms with Crippen LogP contribution < -0.4 is 9.64 Å². The summed E-state index contributed by atoms with van der Waals surface area (Å²) in [5.41, 5.74) is 0.723. The molecule has 10 heteroatoms. The van der Waals surface area contributed by atoms with E-state index in [9.17, 15) is 18.0 Å². The Bertz CT molecular complexity index is 1050. The molecule has 9 nitrogen and oxygen atoms in total. The number of para-hydroxylation sites is 2. The quantitative estimate of drug-likeness (QED) is 0.685. The van der Waals surface area contributed by atoms with Gasteiger partial charge in [0.2, 0.25) is 21.8 Å². The van der Waals surface area contributed by atoms with Gasteiger partial charge in [-0.05, 0) is 24.3 Å². The lowest BCUT2D eigenvalue weighted by Crippen LogP contribution is -2.50. The number of rotatable bonds is 5. The molecule has 31 heavy (non-hydrogen) atoms. The SMILES string of the molecule is O=C(CCC(=O)N1CCOc2ccccc21)N1CCN(S(=O)(=O)c2cccnc2)CC1. The molecule has 1 saturated heterocycles. The van der Waals surface area contributed by atoms with E-state index < -0.39 is 10.0 Å². The molecule has 2 aliphatic rings. The molecule has 0 radical (unpaired) electrons. The van der Waals surface area contributed by atoms with Gasteiger partial charge in [-0.15, -0.1) is 0 Å². The number of carbonyl (C=O) groups excluding carboxylic acids is 2. The van der Waals surface area contributed by atoms with Crippen molar-refractivity contribution in [3.63, 3.8) is 0 Å². The fourth-order valence-electron chi connectivity index (χ4n) is 3.76. The number of sulfonamides is 1. The van der Waals surface area contributed by atoms with Gasteiger partial charge in [0.05, 0.1) is 12.2 Å². The number of hydrogen-bond acceptors (Lipinski definition) is 6. The molecule has 0 unspecified atom stereocenters. The summed E-state index contributed by atoms with van der Waals surface area (Å²) in [7, 11) is -3.62. The first-order valence-corrected chi connectivity index (χ1v) is 11.6. The van der Waals surface area contributed by atoms with Gasteiger partial charge in [-0.25, -0.2) is 8.42 Å². The van der Waals surface area contributed by atoms with Crippen LogP contribution in [-0.2, 0) is 19.6 Å². The summed E-state index contributed by atoms with van der Waals surface area (Å²) >= 11 is 0. The standard InChI is InChI=1S/C21H24N4O5S/c26-20(7-8-21(27)25-14-15-30-19-6-2-1-5-18(19)25)23-10-12-24(13-11-23)31(28,29)17-4-3-9-22-16-17/h1-6,9,16H,7-8,10-15H2. The van der Waals surface area contributed by atoms with Crippen molar-refractivity contribution >= 4 is 27.5 Å². The fraction of sp³-hybridized carbons (Fsp3) is 0.381. The molecule has 1 fully saturated rings. The van der Waals surface area contributed by atoms with Crippen molar-refractivity contribution in [1.29, 1.82) is 0 Å². The van der Waals surface area contributed by atoms with Crippen molar-refractivity contribution in [3.8, 4) is 5.75 Å². The third-order valence-electron chi connectivity index (χ3n) is 5.45. The van der Waals surface area contributed by atoms with Crippen molar-refractivity contribution in [3.05, 3.63) is 48.8 Å². The van der Waals surface area contributed by atoms with Crippen molar-refractivity contribution < 1.29 is 22.7 Å². The van der Waals surface area contributed by atoms with Crippen LogP contribution in [0.5, 0.6) is 5.75 Å². The molecule has 0 aliphatic carbocycles. The Morgan fingerprint density at radius 1 is 0.935 bits per heavy atom. The maximum atomic E-state index is 12.7. The third-order valence-corrected chi connectivity index (χ3v) is 7.33. The summed E-state index contributed by atoms with van der Waals surface area (Å²) in [6.07, 6.45) is 3.03. The Kier molecular flexibility index (Phi) is 6.19. The van der Waals surface area contributed by atoms with Crippen LogP contribution in [0.25, 0.3) is 0 Å². The highest BCUT2D eigenvalue weighted by Gasteiger charge is 2.31. The smallest absolute Gasteiger partial charge is 0.244 e. The highest BCUT2D eigenvalue weighted by molar-refractivity contribution is 7.89. The van der Waals surface area contributed by atoms with E-state index in [0.717, 1.165) is 5.69 Å². The number of anilines is 1. The van der Waals surface area contributed by atoms with E-state index in [4.69, 9.17) is 4.74 Å². The van der Waals surface area contributed by atoms with Crippen LogP contribution in [0.4, 0.5) is 5.69 Å². The van der Waals surface area contributed by atoms with Crippen molar-refractivity contribution in [2.45, 2.75) is 17.7 Å². The van der Waals surface area contributed by atoms with Crippen LogP contribution in [-0.4, -0.2) is 73.8 Å². The minimum atomic E-state index is -3.62. The first-order chi connectivity index (χ1) is 15.0. The molecule has 4 rings (SSSR count). The van der Waals surface area contributed by atoms with Gasteiger partial charge in [0.1, 0.15) is 17.3 Å². The monoisotopic (exact) mass is 444 g/mol. The van der Waals surface area contributed by atoms with Crippen LogP contribution in [0, 0.1) is 0 Å². The number of fused-ring (bicyclic) bond motifs is 1. The number of piperazine rings is 1. The maximum Gasteiger partial charge on any atom is 0.244 e. The molecule has 0 bridgehead atoms. The predicted molar refractivity (Wildman–Crippen MR) is 113 cm³/mol. The van der Waals surface area contributed by atoms with Crippen LogP contribution in [0.2, 0.25) is 0 Å². The van der Waals surface area contributed by atoms with E-state index in [2.05, 4.69) is 4.98 Å². The maximum absolute atomic E-state index is 12.7. The highest BCUT2D eigenvalue weighted by atomic mass is 32.2. The molecule has 0 saturated carbocycles. The molecule has 2 aromatic rings. The lowest BCUT2D eigenvalue weighted by Gasteiger charge is -2.34. The summed E-state index contributed by atoms with van der Waals surface area (Å²) in [6, 6.07) is 10.4. The molecule has 0 spiro atoms. The molecule has 3 heterocycles. The van der Waals surface area contributed by atoms with E-state index >= 15 is 0 Å². The van der Waals surface area contributed by atoms with Crippen LogP contribution >= 0.6 is 0 Å². The zero-order chi connectivity index (χ0) is 21.8. The normalized spacial score (nSPS) is 17.0. The predicted octanol–water partition coefficient (Wildman–Crippen LogP) is 1.12. The molecule has 1 aromatic carbocycles. The number of benzene rings is 1. The number of aromatic nitrogens is 1. The van der Waals surface area contributed by atoms with E-state index in [1.807, 2.05) is 24.3 Å². The molecule has 0 N–H and O–H groups in total. The van der Waals surface area contributed by atoms with Gasteiger partial charge in [0, 0.05) is 51.4 Å².